The van der Waals surface area contributed by atoms with E-state index in [-0.39, 0.29) is 25.9 Å². The van der Waals surface area contributed by atoms with Gasteiger partial charge in [0.25, 0.3) is 0 Å². The van der Waals surface area contributed by atoms with E-state index in [1.807, 2.05) is 60.8 Å². The second kappa shape index (κ2) is 16.8. The molecule has 0 aliphatic heterocycles. The number of hydrogen-bond donors (Lipinski definition) is 0. The number of rotatable bonds is 8. The van der Waals surface area contributed by atoms with Crippen LogP contribution in [0.25, 0.3) is 55.6 Å². The topological polar surface area (TPSA) is 38.9 Å². The van der Waals surface area contributed by atoms with Crippen LogP contribution in [0.1, 0.15) is 50.7 Å². The Bertz CT molecular complexity index is 2300. The van der Waals surface area contributed by atoms with Crippen molar-refractivity contribution in [2.45, 2.75) is 72.0 Å². The maximum atomic E-state index is 14.3. The molecule has 0 spiro atoms. The summed E-state index contributed by atoms with van der Waals surface area (Å²) >= 11 is 0. The summed E-state index contributed by atoms with van der Waals surface area (Å²) < 4.78 is 20.6. The molecule has 0 amide bonds. The summed E-state index contributed by atoms with van der Waals surface area (Å²) in [7, 11) is -1.34. The molecular formula is C47H47FIrN2OSi-2. The van der Waals surface area contributed by atoms with Crippen LogP contribution in [-0.2, 0) is 32.9 Å². The summed E-state index contributed by atoms with van der Waals surface area (Å²) in [5, 5.41) is 3.53. The van der Waals surface area contributed by atoms with Crippen molar-refractivity contribution >= 4 is 35.2 Å². The van der Waals surface area contributed by atoms with Gasteiger partial charge in [-0.25, -0.2) is 4.39 Å². The predicted octanol–water partition coefficient (Wildman–Crippen LogP) is 12.3. The van der Waals surface area contributed by atoms with Crippen LogP contribution in [0.2, 0.25) is 19.6 Å². The van der Waals surface area contributed by atoms with Gasteiger partial charge in [0.15, 0.2) is 0 Å². The van der Waals surface area contributed by atoms with Crippen molar-refractivity contribution in [3.8, 4) is 33.6 Å². The summed E-state index contributed by atoms with van der Waals surface area (Å²) in [4.78, 5) is 9.33. The van der Waals surface area contributed by atoms with E-state index in [9.17, 15) is 4.39 Å². The molecule has 1 saturated carbocycles. The van der Waals surface area contributed by atoms with Crippen LogP contribution in [0.15, 0.2) is 114 Å². The minimum Gasteiger partial charge on any atom is -0.501 e. The molecule has 1 aliphatic rings. The number of hydrogen-bond acceptors (Lipinski definition) is 3. The third-order valence-corrected chi connectivity index (χ3v) is 12.2. The number of aromatic nitrogens is 2. The van der Waals surface area contributed by atoms with Crippen molar-refractivity contribution < 1.29 is 28.9 Å². The predicted molar refractivity (Wildman–Crippen MR) is 217 cm³/mol. The van der Waals surface area contributed by atoms with Gasteiger partial charge in [-0.2, -0.15) is 0 Å². The molecule has 1 radical (unpaired) electrons. The van der Waals surface area contributed by atoms with Crippen molar-refractivity contribution in [3.63, 3.8) is 0 Å². The van der Waals surface area contributed by atoms with Gasteiger partial charge in [0.05, 0.1) is 13.7 Å². The first-order chi connectivity index (χ1) is 25.1. The first-order valence-corrected chi connectivity index (χ1v) is 22.2. The molecule has 53 heavy (non-hydrogen) atoms. The number of pyridine rings is 2. The van der Waals surface area contributed by atoms with Crippen molar-refractivity contribution in [3.05, 3.63) is 139 Å². The van der Waals surface area contributed by atoms with E-state index in [1.54, 1.807) is 12.1 Å². The van der Waals surface area contributed by atoms with Crippen LogP contribution in [0.3, 0.4) is 0 Å². The van der Waals surface area contributed by atoms with E-state index in [2.05, 4.69) is 86.1 Å². The van der Waals surface area contributed by atoms with E-state index < -0.39 is 8.07 Å². The Labute approximate surface area is 328 Å². The van der Waals surface area contributed by atoms with Crippen LogP contribution < -0.4 is 5.19 Å². The SMILES string of the molecule is CC(C)Cc1cc(-c2[c-]cccc2)ncc1[Si](C)(C)C.Fc1ccccc1-c1ccc2c(c1)oc1c(-c3cc(CC4CCCC4)ccn3)[c-]ccc12.[Ir]. The molecule has 1 aliphatic carbocycles. The van der Waals surface area contributed by atoms with Crippen molar-refractivity contribution in [2.75, 3.05) is 0 Å². The average molecular weight is 895 g/mol. The summed E-state index contributed by atoms with van der Waals surface area (Å²) in [5.74, 6) is 1.22. The van der Waals surface area contributed by atoms with Gasteiger partial charge in [-0.1, -0.05) is 124 Å². The smallest absolute Gasteiger partial charge is 0.131 e. The summed E-state index contributed by atoms with van der Waals surface area (Å²) in [6, 6.07) is 37.9. The van der Waals surface area contributed by atoms with E-state index in [1.165, 1.54) is 48.1 Å². The van der Waals surface area contributed by atoms with Gasteiger partial charge >= 0.3 is 0 Å². The molecule has 0 bridgehead atoms. The zero-order chi connectivity index (χ0) is 36.2. The van der Waals surface area contributed by atoms with E-state index in [0.29, 0.717) is 11.5 Å². The van der Waals surface area contributed by atoms with Crippen LogP contribution in [0, 0.1) is 29.8 Å². The first kappa shape index (κ1) is 38.5. The molecule has 0 atom stereocenters. The number of nitrogens with zero attached hydrogens (tertiary/aromatic N) is 2. The molecule has 7 aromatic rings. The van der Waals surface area contributed by atoms with Gasteiger partial charge in [0.1, 0.15) is 11.4 Å². The molecule has 6 heteroatoms. The zero-order valence-electron chi connectivity index (χ0n) is 31.3. The van der Waals surface area contributed by atoms with Gasteiger partial charge in [-0.05, 0) is 65.0 Å². The third kappa shape index (κ3) is 8.95. The quantitative estimate of drug-likeness (QED) is 0.113. The Morgan fingerprint density at radius 3 is 2.36 bits per heavy atom. The molecule has 0 unspecified atom stereocenters. The van der Waals surface area contributed by atoms with Crippen LogP contribution in [0.5, 0.6) is 0 Å². The van der Waals surface area contributed by atoms with E-state index in [0.717, 1.165) is 68.8 Å². The Morgan fingerprint density at radius 1 is 0.830 bits per heavy atom. The Hall–Kier alpha value is -4.22. The Kier molecular flexibility index (Phi) is 12.2. The van der Waals surface area contributed by atoms with Gasteiger partial charge in [-0.3, -0.25) is 0 Å². The van der Waals surface area contributed by atoms with E-state index in [4.69, 9.17) is 4.42 Å². The van der Waals surface area contributed by atoms with Gasteiger partial charge in [0, 0.05) is 43.4 Å². The standard InChI is InChI=1S/C29H23FNO.C18H24NSi.Ir/c30-26-11-4-3-8-22(26)21-12-13-23-24-9-5-10-25(29(24)32-28(23)18-21)27-17-20(14-15-31-27)16-19-6-1-2-7-19;1-14(2)11-16-12-17(15-9-7-6-8-10-15)19-13-18(16)20(3,4)5;/h3-5,8-9,11-15,17-19H,1-2,6-7,16H2;6-9,12-14H,11H2,1-5H3;/q2*-1;. The molecule has 8 rings (SSSR count). The molecule has 3 heterocycles. The number of fused-ring (bicyclic) bond motifs is 3. The van der Waals surface area contributed by atoms with Gasteiger partial charge in [0.2, 0.25) is 0 Å². The normalized spacial score (nSPS) is 13.3. The van der Waals surface area contributed by atoms with Crippen molar-refractivity contribution in [2.24, 2.45) is 11.8 Å². The largest absolute Gasteiger partial charge is 0.501 e. The summed E-state index contributed by atoms with van der Waals surface area (Å²) in [6.07, 6.45) is 11.6. The molecule has 4 aromatic carbocycles. The Morgan fingerprint density at radius 2 is 1.62 bits per heavy atom. The van der Waals surface area contributed by atoms with Crippen molar-refractivity contribution in [1.82, 2.24) is 9.97 Å². The minimum absolute atomic E-state index is 0. The average Bonchev–Trinajstić information content (AvgIpc) is 3.79. The molecule has 273 valence electrons. The zero-order valence-corrected chi connectivity index (χ0v) is 34.7. The van der Waals surface area contributed by atoms with Crippen LogP contribution in [-0.4, -0.2) is 18.0 Å². The summed E-state index contributed by atoms with van der Waals surface area (Å²) in [5.41, 5.74) is 9.58. The minimum atomic E-state index is -1.34. The Balaban J connectivity index is 0.000000199. The second-order valence-electron chi connectivity index (χ2n) is 15.6. The second-order valence-corrected chi connectivity index (χ2v) is 20.7. The number of halogens is 1. The molecule has 0 N–H and O–H groups in total. The fourth-order valence-corrected chi connectivity index (χ4v) is 9.15. The van der Waals surface area contributed by atoms with Crippen LogP contribution in [0.4, 0.5) is 4.39 Å². The number of benzene rings is 4. The molecule has 3 nitrogen and oxygen atoms in total. The number of furan rings is 1. The third-order valence-electron chi connectivity index (χ3n) is 10.1. The molecule has 3 aromatic heterocycles. The van der Waals surface area contributed by atoms with Gasteiger partial charge in [-0.15, -0.1) is 54.1 Å². The molecule has 1 fully saturated rings. The molecular weight excluding hydrogens is 848 g/mol. The maximum Gasteiger partial charge on any atom is 0.131 e. The monoisotopic (exact) mass is 895 g/mol. The fraction of sp³-hybridized carbons (Fsp3) is 0.277. The first-order valence-electron chi connectivity index (χ1n) is 18.7. The maximum absolute atomic E-state index is 14.3. The molecule has 0 saturated heterocycles. The summed E-state index contributed by atoms with van der Waals surface area (Å²) in [6.45, 7) is 11.7. The fourth-order valence-electron chi connectivity index (χ4n) is 7.56. The van der Waals surface area contributed by atoms with Crippen molar-refractivity contribution in [1.29, 1.82) is 0 Å². The van der Waals surface area contributed by atoms with Gasteiger partial charge < -0.3 is 14.4 Å². The van der Waals surface area contributed by atoms with Crippen LogP contribution >= 0.6 is 0 Å². The van der Waals surface area contributed by atoms with E-state index >= 15 is 0 Å².